The van der Waals surface area contributed by atoms with E-state index >= 15 is 0 Å². The Morgan fingerprint density at radius 3 is 2.49 bits per heavy atom. The number of nitrogens with two attached hydrogens (primary N) is 1. The molecule has 0 radical (unpaired) electrons. The first-order valence-electron chi connectivity index (χ1n) is 13.5. The summed E-state index contributed by atoms with van der Waals surface area (Å²) in [6.45, 7) is 2.03. The van der Waals surface area contributed by atoms with Crippen LogP contribution in [0.3, 0.4) is 0 Å². The number of para-hydroxylation sites is 1. The van der Waals surface area contributed by atoms with E-state index in [-0.39, 0.29) is 24.1 Å². The molecule has 0 saturated heterocycles. The van der Waals surface area contributed by atoms with Crippen LogP contribution in [0.5, 0.6) is 0 Å². The number of nitrogens with zero attached hydrogens (tertiary/aromatic N) is 1. The minimum absolute atomic E-state index is 0. The molecule has 1 unspecified atom stereocenters. The lowest BCUT2D eigenvalue weighted by Crippen LogP contribution is -2.38. The highest BCUT2D eigenvalue weighted by molar-refractivity contribution is 5.85. The van der Waals surface area contributed by atoms with Gasteiger partial charge in [-0.2, -0.15) is 0 Å². The number of hydrogen-bond acceptors (Lipinski definition) is 2. The zero-order valence-corrected chi connectivity index (χ0v) is 21.6. The second-order valence-corrected chi connectivity index (χ2v) is 10.7. The number of benzene rings is 2. The summed E-state index contributed by atoms with van der Waals surface area (Å²) >= 11 is 0. The van der Waals surface area contributed by atoms with Gasteiger partial charge in [0.15, 0.2) is 0 Å². The fraction of sp³-hybridized carbons (Fsp3) is 0.533. The fourth-order valence-corrected chi connectivity index (χ4v) is 6.33. The summed E-state index contributed by atoms with van der Waals surface area (Å²) in [5, 5.41) is 5.11. The molecule has 2 fully saturated rings. The molecule has 5 heteroatoms. The van der Waals surface area contributed by atoms with Crippen LogP contribution in [0.1, 0.15) is 81.3 Å². The minimum atomic E-state index is -0.150. The maximum atomic E-state index is 14.3. The van der Waals surface area contributed by atoms with E-state index in [4.69, 9.17) is 5.73 Å². The average Bonchev–Trinajstić information content (AvgIpc) is 3.22. The Morgan fingerprint density at radius 1 is 0.943 bits per heavy atom. The number of fused-ring (bicyclic) bond motifs is 1. The van der Waals surface area contributed by atoms with Crippen molar-refractivity contribution in [1.82, 2.24) is 9.88 Å². The lowest BCUT2D eigenvalue weighted by Gasteiger charge is -2.28. The smallest absolute Gasteiger partial charge is 0.123 e. The molecule has 0 spiro atoms. The zero-order valence-electron chi connectivity index (χ0n) is 20.8. The van der Waals surface area contributed by atoms with Gasteiger partial charge in [0, 0.05) is 41.6 Å². The molecule has 2 saturated carbocycles. The van der Waals surface area contributed by atoms with Gasteiger partial charge in [-0.05, 0) is 86.7 Å². The molecule has 0 amide bonds. The van der Waals surface area contributed by atoms with E-state index in [1.807, 2.05) is 6.07 Å². The van der Waals surface area contributed by atoms with Crippen molar-refractivity contribution < 1.29 is 4.39 Å². The van der Waals surface area contributed by atoms with Crippen LogP contribution in [0.25, 0.3) is 10.9 Å². The Morgan fingerprint density at radius 2 is 1.71 bits per heavy atom. The number of nitrogens with one attached hydrogen (secondary N) is 1. The first-order valence-corrected chi connectivity index (χ1v) is 13.5. The third-order valence-corrected chi connectivity index (χ3v) is 8.26. The third kappa shape index (κ3) is 6.47. The summed E-state index contributed by atoms with van der Waals surface area (Å²) in [4.78, 5) is 0. The van der Waals surface area contributed by atoms with Gasteiger partial charge in [-0.25, -0.2) is 4.39 Å². The van der Waals surface area contributed by atoms with Crippen molar-refractivity contribution in [2.45, 2.75) is 88.8 Å². The molecule has 2 aliphatic rings. The predicted octanol–water partition coefficient (Wildman–Crippen LogP) is 7.16. The lowest BCUT2D eigenvalue weighted by molar-refractivity contribution is 0.322. The molecule has 1 aromatic heterocycles. The topological polar surface area (TPSA) is 43.0 Å². The largest absolute Gasteiger partial charge is 0.347 e. The quantitative estimate of drug-likeness (QED) is 0.346. The second kappa shape index (κ2) is 12.4. The van der Waals surface area contributed by atoms with Crippen LogP contribution in [-0.2, 0) is 6.54 Å². The van der Waals surface area contributed by atoms with Gasteiger partial charge in [0.2, 0.25) is 0 Å². The molecule has 3 aromatic rings. The van der Waals surface area contributed by atoms with E-state index in [0.29, 0.717) is 12.1 Å². The molecular weight excluding hydrogens is 457 g/mol. The van der Waals surface area contributed by atoms with Gasteiger partial charge in [0.25, 0.3) is 0 Å². The molecule has 1 heterocycles. The van der Waals surface area contributed by atoms with E-state index < -0.39 is 0 Å². The predicted molar refractivity (Wildman–Crippen MR) is 147 cm³/mol. The summed E-state index contributed by atoms with van der Waals surface area (Å²) in [5.41, 5.74) is 9.83. The highest BCUT2D eigenvalue weighted by Crippen LogP contribution is 2.36. The highest BCUT2D eigenvalue weighted by atomic mass is 35.5. The molecular formula is C30H41ClFN3. The highest BCUT2D eigenvalue weighted by Gasteiger charge is 2.23. The number of aromatic nitrogens is 1. The molecule has 3 nitrogen and oxygen atoms in total. The maximum absolute atomic E-state index is 14.3. The summed E-state index contributed by atoms with van der Waals surface area (Å²) in [5.74, 6) is 0.790. The Bertz CT molecular complexity index is 1070. The van der Waals surface area contributed by atoms with Crippen LogP contribution < -0.4 is 11.1 Å². The van der Waals surface area contributed by atoms with E-state index in [0.717, 1.165) is 56.7 Å². The van der Waals surface area contributed by atoms with Gasteiger partial charge in [-0.1, -0.05) is 49.6 Å². The van der Waals surface area contributed by atoms with Crippen LogP contribution in [0.2, 0.25) is 0 Å². The first kappa shape index (κ1) is 26.2. The molecule has 2 aliphatic carbocycles. The summed E-state index contributed by atoms with van der Waals surface area (Å²) in [6, 6.07) is 17.0. The number of hydrogen-bond donors (Lipinski definition) is 2. The van der Waals surface area contributed by atoms with Gasteiger partial charge in [-0.15, -0.1) is 12.4 Å². The van der Waals surface area contributed by atoms with Gasteiger partial charge < -0.3 is 15.6 Å². The van der Waals surface area contributed by atoms with E-state index in [2.05, 4.69) is 46.4 Å². The van der Waals surface area contributed by atoms with Crippen molar-refractivity contribution in [1.29, 1.82) is 0 Å². The SMILES string of the molecule is Cl.NC1CCC(NCCC(c2cccc(F)c2)c2cn(CC3CCCCC3)c3ccccc23)CC1. The number of halogens is 2. The molecule has 35 heavy (non-hydrogen) atoms. The van der Waals surface area contributed by atoms with Crippen LogP contribution in [-0.4, -0.2) is 23.2 Å². The van der Waals surface area contributed by atoms with Crippen molar-refractivity contribution in [3.05, 3.63) is 71.7 Å². The Labute approximate surface area is 216 Å². The van der Waals surface area contributed by atoms with Gasteiger partial charge >= 0.3 is 0 Å². The molecule has 5 rings (SSSR count). The van der Waals surface area contributed by atoms with Crippen molar-refractivity contribution in [3.8, 4) is 0 Å². The second-order valence-electron chi connectivity index (χ2n) is 10.7. The molecule has 2 aromatic carbocycles. The zero-order chi connectivity index (χ0) is 23.3. The average molecular weight is 498 g/mol. The standard InChI is InChI=1S/C30H40FN3.ClH/c31-24-10-6-9-23(19-24)27(17-18-33-26-15-13-25(32)14-16-26)29-21-34(20-22-7-2-1-3-8-22)30-12-5-4-11-28(29)30;/h4-6,9-12,19,21-22,25-27,33H,1-3,7-8,13-18,20,32H2;1H. The van der Waals surface area contributed by atoms with Crippen molar-refractivity contribution >= 4 is 23.3 Å². The molecule has 0 bridgehead atoms. The Hall–Kier alpha value is -1.88. The van der Waals surface area contributed by atoms with Gasteiger partial charge in [0.1, 0.15) is 5.82 Å². The van der Waals surface area contributed by atoms with Crippen LogP contribution in [0.4, 0.5) is 4.39 Å². The minimum Gasteiger partial charge on any atom is -0.347 e. The summed E-state index contributed by atoms with van der Waals surface area (Å²) in [7, 11) is 0. The maximum Gasteiger partial charge on any atom is 0.123 e. The lowest BCUT2D eigenvalue weighted by atomic mass is 9.87. The third-order valence-electron chi connectivity index (χ3n) is 8.26. The summed E-state index contributed by atoms with van der Waals surface area (Å²) in [6.07, 6.45) is 14.7. The molecule has 190 valence electrons. The van der Waals surface area contributed by atoms with Gasteiger partial charge in [-0.3, -0.25) is 0 Å². The van der Waals surface area contributed by atoms with Crippen LogP contribution >= 0.6 is 12.4 Å². The molecule has 0 aliphatic heterocycles. The first-order chi connectivity index (χ1) is 16.7. The van der Waals surface area contributed by atoms with Crippen molar-refractivity contribution in [2.24, 2.45) is 11.7 Å². The van der Waals surface area contributed by atoms with E-state index in [9.17, 15) is 4.39 Å². The number of rotatable bonds is 8. The molecule has 3 N–H and O–H groups in total. The summed E-state index contributed by atoms with van der Waals surface area (Å²) < 4.78 is 16.8. The van der Waals surface area contributed by atoms with Crippen LogP contribution in [0, 0.1) is 11.7 Å². The van der Waals surface area contributed by atoms with Crippen LogP contribution in [0.15, 0.2) is 54.7 Å². The van der Waals surface area contributed by atoms with E-state index in [1.165, 1.54) is 48.6 Å². The Kier molecular flexibility index (Phi) is 9.27. The van der Waals surface area contributed by atoms with Crippen molar-refractivity contribution in [2.75, 3.05) is 6.54 Å². The molecule has 1 atom stereocenters. The fourth-order valence-electron chi connectivity index (χ4n) is 6.33. The normalized spacial score (nSPS) is 22.1. The monoisotopic (exact) mass is 497 g/mol. The van der Waals surface area contributed by atoms with Gasteiger partial charge in [0.05, 0.1) is 0 Å². The van der Waals surface area contributed by atoms with E-state index in [1.54, 1.807) is 12.1 Å². The Balaban J connectivity index is 0.00000289. The van der Waals surface area contributed by atoms with Crippen molar-refractivity contribution in [3.63, 3.8) is 0 Å².